The molecule has 0 radical (unpaired) electrons. The lowest BCUT2D eigenvalue weighted by atomic mass is 9.81. The minimum absolute atomic E-state index is 0.163. The molecule has 3 aromatic rings. The number of benzene rings is 1. The first-order valence-electron chi connectivity index (χ1n) is 11.4. The highest BCUT2D eigenvalue weighted by molar-refractivity contribution is 5.77. The molecule has 1 spiro atoms. The fourth-order valence-corrected chi connectivity index (χ4v) is 5.25. The Kier molecular flexibility index (Phi) is 5.70. The maximum Gasteiger partial charge on any atom is 0.220 e. The summed E-state index contributed by atoms with van der Waals surface area (Å²) in [6, 6.07) is 14.3. The van der Waals surface area contributed by atoms with Crippen LogP contribution in [0.3, 0.4) is 0 Å². The van der Waals surface area contributed by atoms with Gasteiger partial charge in [0.1, 0.15) is 0 Å². The van der Waals surface area contributed by atoms with Crippen molar-refractivity contribution < 1.29 is 4.79 Å². The summed E-state index contributed by atoms with van der Waals surface area (Å²) in [5.41, 5.74) is 4.12. The molecule has 5 rings (SSSR count). The summed E-state index contributed by atoms with van der Waals surface area (Å²) >= 11 is 0. The molecule has 6 heteroatoms. The van der Waals surface area contributed by atoms with E-state index in [2.05, 4.69) is 50.3 Å². The predicted molar refractivity (Wildman–Crippen MR) is 124 cm³/mol. The number of rotatable bonds is 4. The Morgan fingerprint density at radius 3 is 2.66 bits per heavy atom. The number of nitrogens with zero attached hydrogens (tertiary/aromatic N) is 4. The minimum Gasteiger partial charge on any atom is -0.349 e. The highest BCUT2D eigenvalue weighted by atomic mass is 16.1. The Morgan fingerprint density at radius 1 is 1.06 bits per heavy atom. The van der Waals surface area contributed by atoms with Gasteiger partial charge >= 0.3 is 0 Å². The standard InChI is InChI=1S/C26H29N5O/c1-19-8-2-3-9-21(19)25-28-14-20(15-29-25)16-31-17-22(23-10-5-7-13-27-23)26(18-31)12-6-4-11-24(32)30-26/h2-3,5,7-10,13-15,22H,4,6,11-12,16-18H2,1H3,(H,30,32)/t22-,26+/m0/s1. The first kappa shape index (κ1) is 20.8. The molecule has 2 aromatic heterocycles. The lowest BCUT2D eigenvalue weighted by molar-refractivity contribution is -0.122. The molecule has 2 saturated heterocycles. The molecule has 32 heavy (non-hydrogen) atoms. The van der Waals surface area contributed by atoms with Crippen molar-refractivity contribution in [2.75, 3.05) is 13.1 Å². The molecule has 1 amide bonds. The normalized spacial score (nSPS) is 23.8. The second-order valence-corrected chi connectivity index (χ2v) is 9.12. The van der Waals surface area contributed by atoms with Crippen molar-refractivity contribution in [2.24, 2.45) is 0 Å². The monoisotopic (exact) mass is 427 g/mol. The summed E-state index contributed by atoms with van der Waals surface area (Å²) in [7, 11) is 0. The van der Waals surface area contributed by atoms with Gasteiger partial charge in [0.25, 0.3) is 0 Å². The van der Waals surface area contributed by atoms with Crippen molar-refractivity contribution in [3.05, 3.63) is 77.9 Å². The molecule has 1 N–H and O–H groups in total. The third-order valence-corrected chi connectivity index (χ3v) is 6.82. The van der Waals surface area contributed by atoms with Crippen molar-refractivity contribution in [1.82, 2.24) is 25.2 Å². The average molecular weight is 428 g/mol. The van der Waals surface area contributed by atoms with Gasteiger partial charge in [-0.25, -0.2) is 9.97 Å². The molecular weight excluding hydrogens is 398 g/mol. The van der Waals surface area contributed by atoms with Crippen molar-refractivity contribution in [1.29, 1.82) is 0 Å². The third-order valence-electron chi connectivity index (χ3n) is 6.82. The second kappa shape index (κ2) is 8.79. The highest BCUT2D eigenvalue weighted by Gasteiger charge is 2.49. The fraction of sp³-hybridized carbons (Fsp3) is 0.385. The lowest BCUT2D eigenvalue weighted by Crippen LogP contribution is -2.52. The van der Waals surface area contributed by atoms with Crippen molar-refractivity contribution in [2.45, 2.75) is 50.6 Å². The van der Waals surface area contributed by atoms with Gasteiger partial charge in [-0.15, -0.1) is 0 Å². The summed E-state index contributed by atoms with van der Waals surface area (Å²) in [5, 5.41) is 3.40. The summed E-state index contributed by atoms with van der Waals surface area (Å²) < 4.78 is 0. The zero-order chi connectivity index (χ0) is 22.0. The van der Waals surface area contributed by atoms with Crippen LogP contribution in [0, 0.1) is 6.92 Å². The number of carbonyl (C=O) groups is 1. The molecule has 6 nitrogen and oxygen atoms in total. The van der Waals surface area contributed by atoms with Crippen LogP contribution in [0.1, 0.15) is 48.4 Å². The van der Waals surface area contributed by atoms with Crippen LogP contribution in [0.5, 0.6) is 0 Å². The van der Waals surface area contributed by atoms with Crippen LogP contribution < -0.4 is 5.32 Å². The van der Waals surface area contributed by atoms with E-state index >= 15 is 0 Å². The molecule has 2 fully saturated rings. The predicted octanol–water partition coefficient (Wildman–Crippen LogP) is 3.88. The van der Waals surface area contributed by atoms with E-state index in [1.54, 1.807) is 0 Å². The van der Waals surface area contributed by atoms with E-state index in [9.17, 15) is 4.79 Å². The van der Waals surface area contributed by atoms with E-state index in [1.807, 2.05) is 42.9 Å². The largest absolute Gasteiger partial charge is 0.349 e. The maximum atomic E-state index is 12.5. The number of hydrogen-bond donors (Lipinski definition) is 1. The van der Waals surface area contributed by atoms with Gasteiger partial charge in [-0.2, -0.15) is 0 Å². The smallest absolute Gasteiger partial charge is 0.220 e. The van der Waals surface area contributed by atoms with Crippen molar-refractivity contribution in [3.63, 3.8) is 0 Å². The van der Waals surface area contributed by atoms with E-state index in [-0.39, 0.29) is 17.4 Å². The molecule has 0 saturated carbocycles. The molecule has 1 aromatic carbocycles. The number of amides is 1. The first-order chi connectivity index (χ1) is 15.6. The summed E-state index contributed by atoms with van der Waals surface area (Å²) in [6.07, 6.45) is 9.33. The second-order valence-electron chi connectivity index (χ2n) is 9.12. The molecule has 0 unspecified atom stereocenters. The van der Waals surface area contributed by atoms with Gasteiger partial charge in [0.05, 0.1) is 5.54 Å². The Labute approximate surface area is 189 Å². The molecule has 2 aliphatic rings. The number of aromatic nitrogens is 3. The quantitative estimate of drug-likeness (QED) is 0.684. The zero-order valence-electron chi connectivity index (χ0n) is 18.5. The fourth-order valence-electron chi connectivity index (χ4n) is 5.25. The van der Waals surface area contributed by atoms with Crippen LogP contribution >= 0.6 is 0 Å². The number of nitrogens with one attached hydrogen (secondary N) is 1. The molecular formula is C26H29N5O. The van der Waals surface area contributed by atoms with Gasteiger partial charge in [-0.05, 0) is 37.5 Å². The molecule has 0 aliphatic carbocycles. The number of hydrogen-bond acceptors (Lipinski definition) is 5. The van der Waals surface area contributed by atoms with Crippen LogP contribution in [0.4, 0.5) is 0 Å². The number of carbonyl (C=O) groups excluding carboxylic acids is 1. The molecule has 2 aliphatic heterocycles. The van der Waals surface area contributed by atoms with E-state index in [0.717, 1.165) is 61.5 Å². The molecule has 2 atom stereocenters. The van der Waals surface area contributed by atoms with E-state index in [1.165, 1.54) is 5.56 Å². The summed E-state index contributed by atoms with van der Waals surface area (Å²) in [6.45, 7) is 4.51. The van der Waals surface area contributed by atoms with Gasteiger partial charge in [-0.1, -0.05) is 36.8 Å². The van der Waals surface area contributed by atoms with E-state index in [4.69, 9.17) is 0 Å². The van der Waals surface area contributed by atoms with Gasteiger partial charge in [0.15, 0.2) is 5.82 Å². The SMILES string of the molecule is Cc1ccccc1-c1ncc(CN2C[C@@H](c3ccccn3)[C@@]3(CCCCC(=O)N3)C2)cn1. The van der Waals surface area contributed by atoms with E-state index in [0.29, 0.717) is 6.42 Å². The van der Waals surface area contributed by atoms with Gasteiger partial charge in [0, 0.05) is 67.4 Å². The number of likely N-dealkylation sites (tertiary alicyclic amines) is 1. The molecule has 4 heterocycles. The molecule has 0 bridgehead atoms. The zero-order valence-corrected chi connectivity index (χ0v) is 18.5. The Morgan fingerprint density at radius 2 is 1.88 bits per heavy atom. The summed E-state index contributed by atoms with van der Waals surface area (Å²) in [5.74, 6) is 1.10. The van der Waals surface area contributed by atoms with Gasteiger partial charge < -0.3 is 5.32 Å². The van der Waals surface area contributed by atoms with Crippen LogP contribution in [-0.2, 0) is 11.3 Å². The summed E-state index contributed by atoms with van der Waals surface area (Å²) in [4.78, 5) is 28.9. The maximum absolute atomic E-state index is 12.5. The van der Waals surface area contributed by atoms with Crippen LogP contribution in [0.15, 0.2) is 61.1 Å². The third kappa shape index (κ3) is 4.15. The minimum atomic E-state index is -0.260. The first-order valence-corrected chi connectivity index (χ1v) is 11.4. The van der Waals surface area contributed by atoms with Crippen molar-refractivity contribution >= 4 is 5.91 Å². The van der Waals surface area contributed by atoms with Gasteiger partial charge in [0.2, 0.25) is 5.91 Å². The van der Waals surface area contributed by atoms with Crippen molar-refractivity contribution in [3.8, 4) is 11.4 Å². The Balaban J connectivity index is 1.37. The Bertz CT molecular complexity index is 1080. The van der Waals surface area contributed by atoms with Crippen LogP contribution in [-0.4, -0.2) is 44.4 Å². The topological polar surface area (TPSA) is 71.0 Å². The lowest BCUT2D eigenvalue weighted by Gasteiger charge is -2.34. The van der Waals surface area contributed by atoms with Crippen LogP contribution in [0.2, 0.25) is 0 Å². The Hall–Kier alpha value is -3.12. The molecule has 164 valence electrons. The number of pyridine rings is 1. The van der Waals surface area contributed by atoms with Crippen LogP contribution in [0.25, 0.3) is 11.4 Å². The average Bonchev–Trinajstić information content (AvgIpc) is 3.04. The van der Waals surface area contributed by atoms with E-state index < -0.39 is 0 Å². The highest BCUT2D eigenvalue weighted by Crippen LogP contribution is 2.40. The van der Waals surface area contributed by atoms with Gasteiger partial charge in [-0.3, -0.25) is 14.7 Å². The number of aryl methyl sites for hydroxylation is 1.